The number of hydrogen-bond acceptors (Lipinski definition) is 5. The molecule has 164 valence electrons. The van der Waals surface area contributed by atoms with Crippen LogP contribution in [0.5, 0.6) is 0 Å². The van der Waals surface area contributed by atoms with Gasteiger partial charge in [-0.15, -0.1) is 10.2 Å². The predicted molar refractivity (Wildman–Crippen MR) is 128 cm³/mol. The number of carbonyl (C=O) groups excluding carboxylic acids is 1. The van der Waals surface area contributed by atoms with E-state index in [-0.39, 0.29) is 17.7 Å². The highest BCUT2D eigenvalue weighted by Gasteiger charge is 2.21. The number of rotatable bonds is 8. The Labute approximate surface area is 193 Å². The summed E-state index contributed by atoms with van der Waals surface area (Å²) in [5, 5.41) is 13.1. The van der Waals surface area contributed by atoms with Crippen molar-refractivity contribution in [3.63, 3.8) is 0 Å². The van der Waals surface area contributed by atoms with Gasteiger partial charge in [-0.2, -0.15) is 0 Å². The van der Waals surface area contributed by atoms with Crippen LogP contribution in [0.15, 0.2) is 53.7 Å². The van der Waals surface area contributed by atoms with Gasteiger partial charge >= 0.3 is 0 Å². The van der Waals surface area contributed by atoms with Crippen molar-refractivity contribution < 1.29 is 4.79 Å². The first kappa shape index (κ1) is 23.3. The molecule has 8 heteroatoms. The Hall–Kier alpha value is -2.35. The van der Waals surface area contributed by atoms with Crippen LogP contribution in [0.25, 0.3) is 5.69 Å². The summed E-state index contributed by atoms with van der Waals surface area (Å²) in [6.45, 7) is 6.33. The summed E-state index contributed by atoms with van der Waals surface area (Å²) in [4.78, 5) is 14.7. The molecule has 1 aromatic heterocycles. The van der Waals surface area contributed by atoms with E-state index in [1.54, 1.807) is 0 Å². The number of halogens is 1. The van der Waals surface area contributed by atoms with E-state index in [4.69, 9.17) is 11.6 Å². The summed E-state index contributed by atoms with van der Waals surface area (Å²) in [6, 6.07) is 15.5. The summed E-state index contributed by atoms with van der Waals surface area (Å²) in [5.74, 6) is 1.36. The van der Waals surface area contributed by atoms with Gasteiger partial charge in [0.15, 0.2) is 11.0 Å². The molecule has 31 heavy (non-hydrogen) atoms. The fourth-order valence-electron chi connectivity index (χ4n) is 3.01. The Morgan fingerprint density at radius 2 is 1.84 bits per heavy atom. The third kappa shape index (κ3) is 5.87. The Kier molecular flexibility index (Phi) is 7.75. The molecular weight excluding hydrogens is 430 g/mol. The molecule has 1 heterocycles. The number of anilines is 1. The molecule has 0 aliphatic carbocycles. The van der Waals surface area contributed by atoms with Gasteiger partial charge in [0.1, 0.15) is 0 Å². The molecule has 0 saturated heterocycles. The lowest BCUT2D eigenvalue weighted by molar-refractivity contribution is -0.113. The Morgan fingerprint density at radius 1 is 1.13 bits per heavy atom. The average molecular weight is 458 g/mol. The second-order valence-corrected chi connectivity index (χ2v) is 9.29. The Balaban J connectivity index is 1.79. The van der Waals surface area contributed by atoms with Gasteiger partial charge < -0.3 is 5.32 Å². The second-order valence-electron chi connectivity index (χ2n) is 7.91. The molecule has 2 aromatic carbocycles. The van der Waals surface area contributed by atoms with E-state index in [0.717, 1.165) is 17.2 Å². The van der Waals surface area contributed by atoms with Crippen LogP contribution in [-0.2, 0) is 4.79 Å². The number of nitrogens with one attached hydrogen (secondary N) is 1. The summed E-state index contributed by atoms with van der Waals surface area (Å²) < 4.78 is 1.98. The molecule has 6 nitrogen and oxygen atoms in total. The number of hydrogen-bond donors (Lipinski definition) is 1. The van der Waals surface area contributed by atoms with Crippen molar-refractivity contribution in [1.29, 1.82) is 0 Å². The van der Waals surface area contributed by atoms with E-state index >= 15 is 0 Å². The molecular formula is C23H28ClN5OS. The van der Waals surface area contributed by atoms with Crippen LogP contribution in [-0.4, -0.2) is 45.4 Å². The van der Waals surface area contributed by atoms with Gasteiger partial charge in [-0.25, -0.2) is 0 Å². The Bertz CT molecular complexity index is 1030. The molecule has 1 unspecified atom stereocenters. The first-order valence-corrected chi connectivity index (χ1v) is 11.5. The molecule has 0 fully saturated rings. The van der Waals surface area contributed by atoms with Gasteiger partial charge in [0.05, 0.1) is 11.8 Å². The van der Waals surface area contributed by atoms with Gasteiger partial charge in [0.25, 0.3) is 0 Å². The SMILES string of the molecule is CC(C)c1cccc(NC(=O)CSc2nnc(C(C)N(C)C)n2-c2ccc(Cl)cc2)c1. The molecule has 3 rings (SSSR count). The monoisotopic (exact) mass is 457 g/mol. The van der Waals surface area contributed by atoms with E-state index in [1.807, 2.05) is 61.1 Å². The molecule has 0 aliphatic rings. The van der Waals surface area contributed by atoms with Gasteiger partial charge in [-0.3, -0.25) is 14.3 Å². The Morgan fingerprint density at radius 3 is 2.48 bits per heavy atom. The summed E-state index contributed by atoms with van der Waals surface area (Å²) >= 11 is 7.43. The number of aromatic nitrogens is 3. The van der Waals surface area contributed by atoms with E-state index in [1.165, 1.54) is 17.3 Å². The second kappa shape index (κ2) is 10.3. The quantitative estimate of drug-likeness (QED) is 0.459. The first-order valence-electron chi connectivity index (χ1n) is 10.2. The summed E-state index contributed by atoms with van der Waals surface area (Å²) in [7, 11) is 3.99. The molecule has 1 N–H and O–H groups in total. The first-order chi connectivity index (χ1) is 14.8. The van der Waals surface area contributed by atoms with Crippen molar-refractivity contribution in [2.75, 3.05) is 25.2 Å². The van der Waals surface area contributed by atoms with Crippen molar-refractivity contribution in [3.05, 3.63) is 64.9 Å². The highest BCUT2D eigenvalue weighted by molar-refractivity contribution is 7.99. The number of thioether (sulfide) groups is 1. The van der Waals surface area contributed by atoms with E-state index in [0.29, 0.717) is 16.1 Å². The zero-order valence-electron chi connectivity index (χ0n) is 18.5. The lowest BCUT2D eigenvalue weighted by atomic mass is 10.0. The molecule has 1 amide bonds. The molecule has 0 saturated carbocycles. The maximum Gasteiger partial charge on any atom is 0.234 e. The lowest BCUT2D eigenvalue weighted by Gasteiger charge is -2.20. The molecule has 0 radical (unpaired) electrons. The number of amides is 1. The zero-order valence-corrected chi connectivity index (χ0v) is 20.0. The van der Waals surface area contributed by atoms with Gasteiger partial charge in [0.2, 0.25) is 5.91 Å². The number of benzene rings is 2. The minimum atomic E-state index is -0.0845. The fraction of sp³-hybridized carbons (Fsp3) is 0.348. The van der Waals surface area contributed by atoms with Crippen molar-refractivity contribution in [2.24, 2.45) is 0 Å². The molecule has 0 spiro atoms. The third-order valence-corrected chi connectivity index (χ3v) is 6.24. The lowest BCUT2D eigenvalue weighted by Crippen LogP contribution is -2.21. The smallest absolute Gasteiger partial charge is 0.234 e. The zero-order chi connectivity index (χ0) is 22.5. The maximum atomic E-state index is 12.6. The normalized spacial score (nSPS) is 12.4. The maximum absolute atomic E-state index is 12.6. The largest absolute Gasteiger partial charge is 0.325 e. The van der Waals surface area contributed by atoms with Crippen LogP contribution in [0.1, 0.15) is 44.1 Å². The molecule has 0 bridgehead atoms. The van der Waals surface area contributed by atoms with Gasteiger partial charge in [-0.1, -0.05) is 49.3 Å². The van der Waals surface area contributed by atoms with Crippen molar-refractivity contribution >= 4 is 35.0 Å². The highest BCUT2D eigenvalue weighted by Crippen LogP contribution is 2.28. The fourth-order valence-corrected chi connectivity index (χ4v) is 3.90. The standard InChI is InChI=1S/C23H28ClN5OS/c1-15(2)17-7-6-8-19(13-17)25-21(30)14-31-23-27-26-22(16(3)28(4)5)29(23)20-11-9-18(24)10-12-20/h6-13,15-16H,14H2,1-5H3,(H,25,30). The predicted octanol–water partition coefficient (Wildman–Crippen LogP) is 5.40. The van der Waals surface area contributed by atoms with E-state index < -0.39 is 0 Å². The number of carbonyl (C=O) groups is 1. The minimum absolute atomic E-state index is 0.0464. The van der Waals surface area contributed by atoms with Crippen LogP contribution in [0.3, 0.4) is 0 Å². The van der Waals surface area contributed by atoms with Crippen molar-refractivity contribution in [2.45, 2.75) is 37.9 Å². The van der Waals surface area contributed by atoms with E-state index in [2.05, 4.69) is 47.3 Å². The van der Waals surface area contributed by atoms with Crippen LogP contribution < -0.4 is 5.32 Å². The molecule has 0 aliphatic heterocycles. The summed E-state index contributed by atoms with van der Waals surface area (Å²) in [6.07, 6.45) is 0. The topological polar surface area (TPSA) is 63.1 Å². The third-order valence-electron chi connectivity index (χ3n) is 5.06. The minimum Gasteiger partial charge on any atom is -0.325 e. The van der Waals surface area contributed by atoms with Crippen LogP contribution in [0.2, 0.25) is 5.02 Å². The molecule has 3 aromatic rings. The average Bonchev–Trinajstić information content (AvgIpc) is 3.16. The van der Waals surface area contributed by atoms with Crippen molar-refractivity contribution in [3.8, 4) is 5.69 Å². The van der Waals surface area contributed by atoms with E-state index in [9.17, 15) is 4.79 Å². The van der Waals surface area contributed by atoms with Crippen LogP contribution >= 0.6 is 23.4 Å². The molecule has 1 atom stereocenters. The number of nitrogens with zero attached hydrogens (tertiary/aromatic N) is 4. The van der Waals surface area contributed by atoms with Crippen LogP contribution in [0.4, 0.5) is 5.69 Å². The summed E-state index contributed by atoms with van der Waals surface area (Å²) in [5.41, 5.74) is 2.90. The van der Waals surface area contributed by atoms with Crippen LogP contribution in [0, 0.1) is 0 Å². The van der Waals surface area contributed by atoms with Gasteiger partial charge in [0, 0.05) is 16.4 Å². The highest BCUT2D eigenvalue weighted by atomic mass is 35.5. The van der Waals surface area contributed by atoms with Gasteiger partial charge in [-0.05, 0) is 68.9 Å². The van der Waals surface area contributed by atoms with Crippen molar-refractivity contribution in [1.82, 2.24) is 19.7 Å².